The average Bonchev–Trinajstić information content (AvgIpc) is 3.11. The van der Waals surface area contributed by atoms with Gasteiger partial charge in [-0.15, -0.1) is 0 Å². The SMILES string of the molecule is CCCc1ccc(-c2cc(NC(=O)c3ccc(NC(C)=O)cc3)n[nH]2)cc1. The fraction of sp³-hybridized carbons (Fsp3) is 0.190. The molecule has 0 unspecified atom stereocenters. The van der Waals surface area contributed by atoms with Crippen molar-refractivity contribution in [3.63, 3.8) is 0 Å². The Bertz CT molecular complexity index is 928. The Labute approximate surface area is 158 Å². The van der Waals surface area contributed by atoms with Crippen molar-refractivity contribution in [2.45, 2.75) is 26.7 Å². The zero-order valence-corrected chi connectivity index (χ0v) is 15.4. The number of carbonyl (C=O) groups excluding carboxylic acids is 2. The van der Waals surface area contributed by atoms with Gasteiger partial charge < -0.3 is 10.6 Å². The Morgan fingerprint density at radius 3 is 2.33 bits per heavy atom. The van der Waals surface area contributed by atoms with Crippen LogP contribution in [0.2, 0.25) is 0 Å². The average molecular weight is 362 g/mol. The van der Waals surface area contributed by atoms with Crippen LogP contribution in [0, 0.1) is 0 Å². The Hall–Kier alpha value is -3.41. The summed E-state index contributed by atoms with van der Waals surface area (Å²) in [5, 5.41) is 12.5. The van der Waals surface area contributed by atoms with E-state index >= 15 is 0 Å². The van der Waals surface area contributed by atoms with Gasteiger partial charge in [-0.2, -0.15) is 5.10 Å². The molecule has 3 aromatic rings. The van der Waals surface area contributed by atoms with Crippen LogP contribution in [0.4, 0.5) is 11.5 Å². The van der Waals surface area contributed by atoms with E-state index in [1.807, 2.05) is 12.1 Å². The number of hydrogen-bond donors (Lipinski definition) is 3. The summed E-state index contributed by atoms with van der Waals surface area (Å²) in [6.07, 6.45) is 2.18. The number of aromatic nitrogens is 2. The van der Waals surface area contributed by atoms with Gasteiger partial charge in [0.05, 0.1) is 5.69 Å². The van der Waals surface area contributed by atoms with Gasteiger partial charge in [-0.05, 0) is 41.8 Å². The highest BCUT2D eigenvalue weighted by Crippen LogP contribution is 2.21. The molecule has 0 fully saturated rings. The lowest BCUT2D eigenvalue weighted by Gasteiger charge is -2.04. The van der Waals surface area contributed by atoms with Gasteiger partial charge in [-0.25, -0.2) is 0 Å². The normalized spacial score (nSPS) is 10.4. The summed E-state index contributed by atoms with van der Waals surface area (Å²) in [7, 11) is 0. The molecular formula is C21H22N4O2. The molecule has 0 radical (unpaired) electrons. The summed E-state index contributed by atoms with van der Waals surface area (Å²) in [6.45, 7) is 3.60. The molecule has 0 saturated heterocycles. The van der Waals surface area contributed by atoms with Crippen LogP contribution in [-0.4, -0.2) is 22.0 Å². The third-order valence-electron chi connectivity index (χ3n) is 4.09. The lowest BCUT2D eigenvalue weighted by molar-refractivity contribution is -0.114. The number of anilines is 2. The molecule has 0 aliphatic rings. The molecule has 3 N–H and O–H groups in total. The summed E-state index contributed by atoms with van der Waals surface area (Å²) >= 11 is 0. The number of nitrogens with zero attached hydrogens (tertiary/aromatic N) is 1. The van der Waals surface area contributed by atoms with Crippen LogP contribution in [0.25, 0.3) is 11.3 Å². The number of carbonyl (C=O) groups is 2. The van der Waals surface area contributed by atoms with E-state index in [-0.39, 0.29) is 11.8 Å². The van der Waals surface area contributed by atoms with Gasteiger partial charge in [-0.3, -0.25) is 14.7 Å². The van der Waals surface area contributed by atoms with E-state index in [1.54, 1.807) is 30.3 Å². The number of rotatable bonds is 6. The maximum atomic E-state index is 12.4. The highest BCUT2D eigenvalue weighted by Gasteiger charge is 2.10. The second-order valence-electron chi connectivity index (χ2n) is 6.33. The first kappa shape index (κ1) is 18.4. The molecule has 6 heteroatoms. The molecule has 0 atom stereocenters. The van der Waals surface area contributed by atoms with E-state index in [9.17, 15) is 9.59 Å². The van der Waals surface area contributed by atoms with Crippen molar-refractivity contribution in [1.29, 1.82) is 0 Å². The molecule has 1 heterocycles. The Morgan fingerprint density at radius 1 is 1.00 bits per heavy atom. The van der Waals surface area contributed by atoms with Crippen LogP contribution in [-0.2, 0) is 11.2 Å². The molecule has 0 bridgehead atoms. The molecule has 2 aromatic carbocycles. The van der Waals surface area contributed by atoms with Crippen molar-refractivity contribution in [3.8, 4) is 11.3 Å². The maximum Gasteiger partial charge on any atom is 0.256 e. The maximum absolute atomic E-state index is 12.4. The van der Waals surface area contributed by atoms with Crippen molar-refractivity contribution in [2.24, 2.45) is 0 Å². The van der Waals surface area contributed by atoms with Crippen LogP contribution >= 0.6 is 0 Å². The molecule has 0 saturated carbocycles. The van der Waals surface area contributed by atoms with E-state index < -0.39 is 0 Å². The number of hydrogen-bond acceptors (Lipinski definition) is 3. The van der Waals surface area contributed by atoms with Crippen molar-refractivity contribution in [3.05, 3.63) is 65.7 Å². The van der Waals surface area contributed by atoms with Gasteiger partial charge in [-0.1, -0.05) is 37.6 Å². The van der Waals surface area contributed by atoms with E-state index in [4.69, 9.17) is 0 Å². The summed E-state index contributed by atoms with van der Waals surface area (Å²) < 4.78 is 0. The molecule has 0 aliphatic carbocycles. The Balaban J connectivity index is 1.66. The molecule has 0 spiro atoms. The van der Waals surface area contributed by atoms with E-state index in [0.717, 1.165) is 24.1 Å². The number of nitrogens with one attached hydrogen (secondary N) is 3. The zero-order valence-electron chi connectivity index (χ0n) is 15.4. The minimum atomic E-state index is -0.263. The molecule has 0 aliphatic heterocycles. The second-order valence-corrected chi connectivity index (χ2v) is 6.33. The third-order valence-corrected chi connectivity index (χ3v) is 4.09. The largest absolute Gasteiger partial charge is 0.326 e. The predicted molar refractivity (Wildman–Crippen MR) is 107 cm³/mol. The topological polar surface area (TPSA) is 86.9 Å². The second kappa shape index (κ2) is 8.31. The lowest BCUT2D eigenvalue weighted by Crippen LogP contribution is -2.12. The van der Waals surface area contributed by atoms with Crippen molar-refractivity contribution in [1.82, 2.24) is 10.2 Å². The molecule has 3 rings (SSSR count). The molecule has 2 amide bonds. The number of benzene rings is 2. The first-order valence-corrected chi connectivity index (χ1v) is 8.89. The van der Waals surface area contributed by atoms with E-state index in [0.29, 0.717) is 17.1 Å². The summed E-state index contributed by atoms with van der Waals surface area (Å²) in [5.41, 5.74) is 4.29. The quantitative estimate of drug-likeness (QED) is 0.613. The van der Waals surface area contributed by atoms with Crippen LogP contribution in [0.1, 0.15) is 36.2 Å². The smallest absolute Gasteiger partial charge is 0.256 e. The van der Waals surface area contributed by atoms with E-state index in [1.165, 1.54) is 12.5 Å². The molecular weight excluding hydrogens is 340 g/mol. The van der Waals surface area contributed by atoms with Crippen LogP contribution in [0.5, 0.6) is 0 Å². The summed E-state index contributed by atoms with van der Waals surface area (Å²) in [5.74, 6) is 0.0401. The van der Waals surface area contributed by atoms with Crippen LogP contribution in [0.15, 0.2) is 54.6 Å². The number of aromatic amines is 1. The van der Waals surface area contributed by atoms with Gasteiger partial charge in [0.2, 0.25) is 5.91 Å². The van der Waals surface area contributed by atoms with E-state index in [2.05, 4.69) is 39.9 Å². The monoisotopic (exact) mass is 362 g/mol. The highest BCUT2D eigenvalue weighted by atomic mass is 16.2. The Morgan fingerprint density at radius 2 is 1.70 bits per heavy atom. The van der Waals surface area contributed by atoms with Gasteiger partial charge in [0.25, 0.3) is 5.91 Å². The molecule has 1 aromatic heterocycles. The fourth-order valence-corrected chi connectivity index (χ4v) is 2.77. The van der Waals surface area contributed by atoms with Gasteiger partial charge in [0, 0.05) is 24.2 Å². The van der Waals surface area contributed by atoms with Gasteiger partial charge in [0.1, 0.15) is 0 Å². The summed E-state index contributed by atoms with van der Waals surface area (Å²) in [6, 6.07) is 16.8. The minimum absolute atomic E-state index is 0.154. The molecule has 6 nitrogen and oxygen atoms in total. The summed E-state index contributed by atoms with van der Waals surface area (Å²) in [4.78, 5) is 23.4. The van der Waals surface area contributed by atoms with Gasteiger partial charge in [0.15, 0.2) is 5.82 Å². The van der Waals surface area contributed by atoms with Gasteiger partial charge >= 0.3 is 0 Å². The Kier molecular flexibility index (Phi) is 5.66. The first-order valence-electron chi connectivity index (χ1n) is 8.89. The van der Waals surface area contributed by atoms with Crippen LogP contribution < -0.4 is 10.6 Å². The predicted octanol–water partition coefficient (Wildman–Crippen LogP) is 4.24. The minimum Gasteiger partial charge on any atom is -0.326 e. The first-order chi connectivity index (χ1) is 13.0. The van der Waals surface area contributed by atoms with Crippen molar-refractivity contribution in [2.75, 3.05) is 10.6 Å². The lowest BCUT2D eigenvalue weighted by atomic mass is 10.1. The molecule has 138 valence electrons. The standard InChI is InChI=1S/C21H22N4O2/c1-3-4-15-5-7-16(8-6-15)19-13-20(25-24-19)23-21(27)17-9-11-18(12-10-17)22-14(2)26/h5-13H,3-4H2,1-2H3,(H,22,26)(H2,23,24,25,27). The highest BCUT2D eigenvalue weighted by molar-refractivity contribution is 6.04. The number of H-pyrrole nitrogens is 1. The number of aryl methyl sites for hydroxylation is 1. The molecule has 27 heavy (non-hydrogen) atoms. The third kappa shape index (κ3) is 4.82. The zero-order chi connectivity index (χ0) is 19.2. The van der Waals surface area contributed by atoms with Crippen LogP contribution in [0.3, 0.4) is 0 Å². The fourth-order valence-electron chi connectivity index (χ4n) is 2.77. The number of amides is 2. The van der Waals surface area contributed by atoms with Crippen molar-refractivity contribution < 1.29 is 9.59 Å². The van der Waals surface area contributed by atoms with Crippen molar-refractivity contribution >= 4 is 23.3 Å².